The van der Waals surface area contributed by atoms with E-state index in [2.05, 4.69) is 4.90 Å². The number of anilines is 1. The summed E-state index contributed by atoms with van der Waals surface area (Å²) in [6.07, 6.45) is 0.476. The fourth-order valence-corrected chi connectivity index (χ4v) is 5.10. The summed E-state index contributed by atoms with van der Waals surface area (Å²) >= 11 is 19.9. The molecule has 2 aromatic rings. The topological polar surface area (TPSA) is 53.1 Å². The van der Waals surface area contributed by atoms with Gasteiger partial charge in [-0.2, -0.15) is 0 Å². The molecule has 0 radical (unpaired) electrons. The number of nitrogens with zero attached hydrogens (tertiary/aromatic N) is 3. The van der Waals surface area contributed by atoms with Crippen LogP contribution in [0.5, 0.6) is 0 Å². The minimum absolute atomic E-state index is 0.0222. The first kappa shape index (κ1) is 27.4. The van der Waals surface area contributed by atoms with Gasteiger partial charge >= 0.3 is 6.09 Å². The Hall–Kier alpha value is -2.15. The highest BCUT2D eigenvalue weighted by Crippen LogP contribution is 2.40. The Labute approximate surface area is 222 Å². The van der Waals surface area contributed by atoms with Crippen LogP contribution in [0, 0.1) is 0 Å². The van der Waals surface area contributed by atoms with Gasteiger partial charge in [0.2, 0.25) is 0 Å². The van der Waals surface area contributed by atoms with Gasteiger partial charge in [-0.25, -0.2) is 4.79 Å². The number of piperazine rings is 1. The minimum atomic E-state index is -0.546. The van der Waals surface area contributed by atoms with Crippen molar-refractivity contribution < 1.29 is 14.3 Å². The van der Waals surface area contributed by atoms with Crippen molar-refractivity contribution in [3.05, 3.63) is 51.0 Å². The van der Waals surface area contributed by atoms with Crippen LogP contribution in [-0.2, 0) is 4.74 Å². The third-order valence-corrected chi connectivity index (χ3v) is 6.74. The highest BCUT2D eigenvalue weighted by atomic mass is 35.5. The zero-order valence-corrected chi connectivity index (χ0v) is 23.3. The second-order valence-corrected chi connectivity index (χ2v) is 11.1. The number of ether oxygens (including phenoxy) is 1. The van der Waals surface area contributed by atoms with Gasteiger partial charge in [-0.1, -0.05) is 47.8 Å². The number of halogens is 3. The van der Waals surface area contributed by atoms with Crippen molar-refractivity contribution in [2.75, 3.05) is 38.6 Å². The predicted octanol–water partition coefficient (Wildman–Crippen LogP) is 6.85. The number of hydrogen-bond acceptors (Lipinski definition) is 4. The summed E-state index contributed by atoms with van der Waals surface area (Å²) < 4.78 is 5.59. The molecule has 0 saturated carbocycles. The molecule has 1 saturated heterocycles. The molecular weight excluding hydrogens is 509 g/mol. The van der Waals surface area contributed by atoms with Gasteiger partial charge in [0.15, 0.2) is 0 Å². The van der Waals surface area contributed by atoms with Crippen molar-refractivity contribution in [1.82, 2.24) is 9.80 Å². The van der Waals surface area contributed by atoms with Crippen LogP contribution in [0.2, 0.25) is 15.1 Å². The molecule has 1 unspecified atom stereocenters. The van der Waals surface area contributed by atoms with Crippen LogP contribution >= 0.6 is 34.8 Å². The maximum atomic E-state index is 12.7. The molecule has 6 nitrogen and oxygen atoms in total. The fraction of sp³-hybridized carbons (Fsp3) is 0.462. The van der Waals surface area contributed by atoms with Gasteiger partial charge in [-0.15, -0.1) is 0 Å². The molecule has 2 amide bonds. The lowest BCUT2D eigenvalue weighted by atomic mass is 10.0. The quantitative estimate of drug-likeness (QED) is 0.425. The molecule has 0 spiro atoms. The maximum absolute atomic E-state index is 12.7. The van der Waals surface area contributed by atoms with Crippen molar-refractivity contribution in [2.24, 2.45) is 0 Å². The third kappa shape index (κ3) is 6.35. The highest BCUT2D eigenvalue weighted by molar-refractivity contribution is 6.39. The lowest BCUT2D eigenvalue weighted by molar-refractivity contribution is 0.0136. The Morgan fingerprint density at radius 1 is 1.00 bits per heavy atom. The van der Waals surface area contributed by atoms with E-state index in [9.17, 15) is 9.59 Å². The van der Waals surface area contributed by atoms with Crippen LogP contribution in [0.1, 0.15) is 44.5 Å². The first-order valence-electron chi connectivity index (χ1n) is 11.6. The van der Waals surface area contributed by atoms with Crippen molar-refractivity contribution in [3.8, 4) is 11.1 Å². The predicted molar refractivity (Wildman–Crippen MR) is 144 cm³/mol. The molecule has 3 rings (SSSR count). The van der Waals surface area contributed by atoms with Gasteiger partial charge in [-0.05, 0) is 62.6 Å². The van der Waals surface area contributed by atoms with Gasteiger partial charge < -0.3 is 19.4 Å². The minimum Gasteiger partial charge on any atom is -0.444 e. The highest BCUT2D eigenvalue weighted by Gasteiger charge is 2.33. The fourth-order valence-electron chi connectivity index (χ4n) is 4.11. The second kappa shape index (κ2) is 10.9. The van der Waals surface area contributed by atoms with E-state index in [0.29, 0.717) is 40.3 Å². The van der Waals surface area contributed by atoms with Crippen LogP contribution in [0.25, 0.3) is 11.1 Å². The molecule has 1 atom stereocenters. The Bertz CT molecular complexity index is 1090. The average molecular weight is 541 g/mol. The van der Waals surface area contributed by atoms with Gasteiger partial charge in [0.05, 0.1) is 32.4 Å². The van der Waals surface area contributed by atoms with E-state index in [1.165, 1.54) is 4.90 Å². The van der Waals surface area contributed by atoms with Gasteiger partial charge in [-0.3, -0.25) is 4.79 Å². The largest absolute Gasteiger partial charge is 0.444 e. The van der Waals surface area contributed by atoms with Crippen LogP contribution in [0.15, 0.2) is 30.3 Å². The Morgan fingerprint density at radius 2 is 1.60 bits per heavy atom. The van der Waals surface area contributed by atoms with Crippen molar-refractivity contribution in [3.63, 3.8) is 0 Å². The molecule has 1 aliphatic rings. The smallest absolute Gasteiger partial charge is 0.410 e. The summed E-state index contributed by atoms with van der Waals surface area (Å²) in [5.74, 6) is -0.163. The number of benzene rings is 2. The van der Waals surface area contributed by atoms with Crippen LogP contribution in [0.4, 0.5) is 10.5 Å². The zero-order chi connectivity index (χ0) is 26.1. The van der Waals surface area contributed by atoms with Crippen LogP contribution in [-0.4, -0.2) is 67.2 Å². The molecule has 0 N–H and O–H groups in total. The van der Waals surface area contributed by atoms with Crippen molar-refractivity contribution >= 4 is 52.5 Å². The van der Waals surface area contributed by atoms with E-state index in [1.807, 2.05) is 45.9 Å². The standard InChI is InChI=1S/C26H32Cl3N3O3/c1-7-18-15-31(10-11-32(18)25(34)35-26(2,3)4)23-21(28)13-17(14-22(23)29)16-8-9-19(20(27)12-16)24(33)30(5)6/h8-9,12-14,18H,7,10-11,15H2,1-6H3. The molecule has 0 aromatic heterocycles. The normalized spacial score (nSPS) is 16.3. The van der Waals surface area contributed by atoms with E-state index >= 15 is 0 Å². The molecule has 35 heavy (non-hydrogen) atoms. The Kier molecular flexibility index (Phi) is 8.51. The van der Waals surface area contributed by atoms with Gasteiger partial charge in [0.1, 0.15) is 5.60 Å². The van der Waals surface area contributed by atoms with E-state index in [4.69, 9.17) is 39.5 Å². The maximum Gasteiger partial charge on any atom is 0.410 e. The van der Waals surface area contributed by atoms with E-state index < -0.39 is 5.60 Å². The van der Waals surface area contributed by atoms with E-state index in [1.54, 1.807) is 31.1 Å². The van der Waals surface area contributed by atoms with Crippen LogP contribution in [0.3, 0.4) is 0 Å². The molecule has 9 heteroatoms. The molecule has 2 aromatic carbocycles. The van der Waals surface area contributed by atoms with Crippen LogP contribution < -0.4 is 4.90 Å². The number of amides is 2. The first-order chi connectivity index (χ1) is 16.3. The summed E-state index contributed by atoms with van der Waals surface area (Å²) in [6.45, 7) is 9.34. The summed E-state index contributed by atoms with van der Waals surface area (Å²) in [6, 6.07) is 8.96. The van der Waals surface area contributed by atoms with Crippen molar-refractivity contribution in [2.45, 2.75) is 45.8 Å². The summed E-state index contributed by atoms with van der Waals surface area (Å²) in [4.78, 5) is 30.4. The second-order valence-electron chi connectivity index (χ2n) is 9.86. The number of carbonyl (C=O) groups is 2. The number of rotatable bonds is 4. The van der Waals surface area contributed by atoms with Gasteiger partial charge in [0.25, 0.3) is 5.91 Å². The lowest BCUT2D eigenvalue weighted by Crippen LogP contribution is -2.56. The molecular formula is C26H32Cl3N3O3. The molecule has 1 heterocycles. The number of carbonyl (C=O) groups excluding carboxylic acids is 2. The van der Waals surface area contributed by atoms with Crippen molar-refractivity contribution in [1.29, 1.82) is 0 Å². The van der Waals surface area contributed by atoms with Gasteiger partial charge in [0, 0.05) is 33.7 Å². The summed E-state index contributed by atoms with van der Waals surface area (Å²) in [7, 11) is 3.36. The molecule has 1 aliphatic heterocycles. The van der Waals surface area contributed by atoms with E-state index in [0.717, 1.165) is 23.2 Å². The lowest BCUT2D eigenvalue weighted by Gasteiger charge is -2.42. The number of hydrogen-bond donors (Lipinski definition) is 0. The summed E-state index contributed by atoms with van der Waals surface area (Å²) in [5, 5.41) is 1.39. The monoisotopic (exact) mass is 539 g/mol. The summed E-state index contributed by atoms with van der Waals surface area (Å²) in [5.41, 5.74) is 2.24. The molecule has 0 aliphatic carbocycles. The molecule has 1 fully saturated rings. The molecule has 0 bridgehead atoms. The average Bonchev–Trinajstić information content (AvgIpc) is 2.76. The zero-order valence-electron chi connectivity index (χ0n) is 21.0. The Morgan fingerprint density at radius 3 is 2.11 bits per heavy atom. The first-order valence-corrected chi connectivity index (χ1v) is 12.7. The Balaban J connectivity index is 1.84. The SMILES string of the molecule is CCC1CN(c2c(Cl)cc(-c3ccc(C(=O)N(C)C)c(Cl)c3)cc2Cl)CCN1C(=O)OC(C)(C)C. The van der Waals surface area contributed by atoms with E-state index in [-0.39, 0.29) is 18.0 Å². The molecule has 190 valence electrons. The third-order valence-electron chi connectivity index (χ3n) is 5.85.